The highest BCUT2D eigenvalue weighted by Crippen LogP contribution is 2.35. The van der Waals surface area contributed by atoms with Crippen molar-refractivity contribution in [3.63, 3.8) is 0 Å². The Bertz CT molecular complexity index is 1330. The molecule has 4 aromatic rings. The van der Waals surface area contributed by atoms with Gasteiger partial charge in [0.05, 0.1) is 17.3 Å². The number of hydrogen-bond acceptors (Lipinski definition) is 7. The molecule has 2 aromatic heterocycles. The van der Waals surface area contributed by atoms with Crippen LogP contribution in [0.15, 0.2) is 54.7 Å². The summed E-state index contributed by atoms with van der Waals surface area (Å²) in [5.74, 6) is 2.34. The van der Waals surface area contributed by atoms with E-state index in [2.05, 4.69) is 20.7 Å². The number of anilines is 2. The first-order valence-electron chi connectivity index (χ1n) is 10.6. The molecular weight excluding hydrogens is 422 g/mol. The Kier molecular flexibility index (Phi) is 5.21. The second-order valence-corrected chi connectivity index (χ2v) is 7.95. The summed E-state index contributed by atoms with van der Waals surface area (Å²) in [6, 6.07) is 14.9. The number of ether oxygens (including phenoxy) is 2. The number of likely N-dealkylation sites (N-methyl/N-ethyl adjacent to an activating group) is 1. The standard InChI is InChI=1S/C24H23N5O4/c1-14(2)32-16-4-6-19-18(11-16)24(27-26-19)15-8-9-25-22(10-15)28-33-17-5-7-21-20(12-17)29(3)23(30)13-31-21/h4-12,14H,13H2,1-3H3,(H,25,28)(H,26,27). The Morgan fingerprint density at radius 1 is 1.12 bits per heavy atom. The lowest BCUT2D eigenvalue weighted by Gasteiger charge is -2.26. The molecule has 0 saturated carbocycles. The zero-order valence-electron chi connectivity index (χ0n) is 18.5. The molecule has 0 radical (unpaired) electrons. The van der Waals surface area contributed by atoms with E-state index in [-0.39, 0.29) is 18.6 Å². The molecule has 0 atom stereocenters. The molecule has 2 aromatic carbocycles. The van der Waals surface area contributed by atoms with Crippen LogP contribution in [-0.2, 0) is 4.79 Å². The monoisotopic (exact) mass is 445 g/mol. The maximum Gasteiger partial charge on any atom is 0.264 e. The fourth-order valence-electron chi connectivity index (χ4n) is 3.62. The quantitative estimate of drug-likeness (QED) is 0.430. The van der Waals surface area contributed by atoms with Crippen molar-refractivity contribution in [2.45, 2.75) is 20.0 Å². The summed E-state index contributed by atoms with van der Waals surface area (Å²) in [6.07, 6.45) is 1.77. The van der Waals surface area contributed by atoms with Gasteiger partial charge < -0.3 is 19.2 Å². The fraction of sp³-hybridized carbons (Fsp3) is 0.208. The number of aromatic nitrogens is 3. The average molecular weight is 445 g/mol. The van der Waals surface area contributed by atoms with Crippen LogP contribution in [0.4, 0.5) is 11.5 Å². The second kappa shape index (κ2) is 8.34. The summed E-state index contributed by atoms with van der Waals surface area (Å²) < 4.78 is 11.3. The van der Waals surface area contributed by atoms with Crippen LogP contribution in [0.3, 0.4) is 0 Å². The number of aromatic amines is 1. The first kappa shape index (κ1) is 20.6. The summed E-state index contributed by atoms with van der Waals surface area (Å²) >= 11 is 0. The van der Waals surface area contributed by atoms with Gasteiger partial charge in [-0.2, -0.15) is 5.10 Å². The van der Waals surface area contributed by atoms with Gasteiger partial charge in [0.15, 0.2) is 18.2 Å². The Hall–Kier alpha value is -4.27. The van der Waals surface area contributed by atoms with Gasteiger partial charge in [-0.3, -0.25) is 9.89 Å². The van der Waals surface area contributed by atoms with E-state index in [9.17, 15) is 4.79 Å². The molecule has 1 aliphatic heterocycles. The Morgan fingerprint density at radius 2 is 1.97 bits per heavy atom. The number of nitrogens with zero attached hydrogens (tertiary/aromatic N) is 3. The lowest BCUT2D eigenvalue weighted by atomic mass is 10.1. The molecule has 9 nitrogen and oxygen atoms in total. The predicted molar refractivity (Wildman–Crippen MR) is 125 cm³/mol. The maximum atomic E-state index is 11.9. The van der Waals surface area contributed by atoms with Crippen LogP contribution in [0.25, 0.3) is 22.2 Å². The van der Waals surface area contributed by atoms with Crippen molar-refractivity contribution in [3.8, 4) is 28.5 Å². The molecule has 5 rings (SSSR count). The van der Waals surface area contributed by atoms with Gasteiger partial charge in [-0.15, -0.1) is 0 Å². The SMILES string of the molecule is CC(C)Oc1ccc2[nH]nc(-c3ccnc(NOc4ccc5c(c4)N(C)C(=O)CO5)c3)c2c1. The molecule has 0 saturated heterocycles. The fourth-order valence-corrected chi connectivity index (χ4v) is 3.62. The highest BCUT2D eigenvalue weighted by molar-refractivity contribution is 5.97. The van der Waals surface area contributed by atoms with Crippen LogP contribution in [0.5, 0.6) is 17.2 Å². The van der Waals surface area contributed by atoms with E-state index in [0.29, 0.717) is 23.0 Å². The molecule has 1 amide bonds. The third-order valence-electron chi connectivity index (χ3n) is 5.23. The van der Waals surface area contributed by atoms with Gasteiger partial charge in [-0.25, -0.2) is 10.5 Å². The van der Waals surface area contributed by atoms with E-state index >= 15 is 0 Å². The topological polar surface area (TPSA) is 102 Å². The molecule has 0 spiro atoms. The summed E-state index contributed by atoms with van der Waals surface area (Å²) in [7, 11) is 1.71. The van der Waals surface area contributed by atoms with Crippen molar-refractivity contribution >= 4 is 28.3 Å². The van der Waals surface area contributed by atoms with E-state index in [1.807, 2.05) is 44.2 Å². The molecule has 9 heteroatoms. The number of nitrogens with one attached hydrogen (secondary N) is 2. The average Bonchev–Trinajstić information content (AvgIpc) is 3.23. The highest BCUT2D eigenvalue weighted by atomic mass is 16.6. The molecule has 33 heavy (non-hydrogen) atoms. The molecule has 3 heterocycles. The second-order valence-electron chi connectivity index (χ2n) is 7.95. The maximum absolute atomic E-state index is 11.9. The summed E-state index contributed by atoms with van der Waals surface area (Å²) in [4.78, 5) is 23.5. The van der Waals surface area contributed by atoms with E-state index in [0.717, 1.165) is 27.9 Å². The van der Waals surface area contributed by atoms with Gasteiger partial charge in [-0.05, 0) is 56.3 Å². The van der Waals surface area contributed by atoms with Crippen LogP contribution in [0.1, 0.15) is 13.8 Å². The van der Waals surface area contributed by atoms with Crippen molar-refractivity contribution in [2.24, 2.45) is 0 Å². The van der Waals surface area contributed by atoms with Crippen molar-refractivity contribution < 1.29 is 19.1 Å². The Morgan fingerprint density at radius 3 is 2.82 bits per heavy atom. The Balaban J connectivity index is 1.37. The normalized spacial score (nSPS) is 13.1. The van der Waals surface area contributed by atoms with E-state index in [1.165, 1.54) is 0 Å². The number of carbonyl (C=O) groups is 1. The predicted octanol–water partition coefficient (Wildman–Crippen LogP) is 4.17. The Labute approximate surface area is 190 Å². The number of carbonyl (C=O) groups excluding carboxylic acids is 1. The lowest BCUT2D eigenvalue weighted by Crippen LogP contribution is -2.35. The zero-order chi connectivity index (χ0) is 22.9. The number of hydrogen-bond donors (Lipinski definition) is 2. The number of pyridine rings is 1. The molecule has 0 bridgehead atoms. The van der Waals surface area contributed by atoms with Gasteiger partial charge in [0, 0.05) is 30.3 Å². The van der Waals surface area contributed by atoms with Crippen LogP contribution in [0.2, 0.25) is 0 Å². The van der Waals surface area contributed by atoms with Gasteiger partial charge >= 0.3 is 0 Å². The molecule has 0 fully saturated rings. The summed E-state index contributed by atoms with van der Waals surface area (Å²) in [6.45, 7) is 4.02. The molecular formula is C24H23N5O4. The number of benzene rings is 2. The van der Waals surface area contributed by atoms with Gasteiger partial charge in [-0.1, -0.05) is 0 Å². The van der Waals surface area contributed by atoms with Crippen LogP contribution in [-0.4, -0.2) is 40.8 Å². The van der Waals surface area contributed by atoms with E-state index in [4.69, 9.17) is 14.3 Å². The molecule has 168 valence electrons. The number of fused-ring (bicyclic) bond motifs is 2. The van der Waals surface area contributed by atoms with Crippen LogP contribution < -0.4 is 24.7 Å². The molecule has 2 N–H and O–H groups in total. The van der Waals surface area contributed by atoms with Crippen LogP contribution >= 0.6 is 0 Å². The van der Waals surface area contributed by atoms with Gasteiger partial charge in [0.25, 0.3) is 5.91 Å². The third kappa shape index (κ3) is 4.12. The van der Waals surface area contributed by atoms with Crippen LogP contribution in [0, 0.1) is 0 Å². The lowest BCUT2D eigenvalue weighted by molar-refractivity contribution is -0.120. The van der Waals surface area contributed by atoms with Crippen molar-refractivity contribution in [1.29, 1.82) is 0 Å². The first-order chi connectivity index (χ1) is 16.0. The first-order valence-corrected chi connectivity index (χ1v) is 10.6. The van der Waals surface area contributed by atoms with Crippen molar-refractivity contribution in [2.75, 3.05) is 24.0 Å². The number of rotatable bonds is 6. The number of H-pyrrole nitrogens is 1. The van der Waals surface area contributed by atoms with E-state index < -0.39 is 0 Å². The smallest absolute Gasteiger partial charge is 0.264 e. The highest BCUT2D eigenvalue weighted by Gasteiger charge is 2.22. The summed E-state index contributed by atoms with van der Waals surface area (Å²) in [5.41, 5.74) is 6.08. The molecule has 0 aliphatic carbocycles. The largest absolute Gasteiger partial charge is 0.491 e. The van der Waals surface area contributed by atoms with Crippen molar-refractivity contribution in [1.82, 2.24) is 15.2 Å². The van der Waals surface area contributed by atoms with Crippen molar-refractivity contribution in [3.05, 3.63) is 54.7 Å². The molecule has 1 aliphatic rings. The minimum absolute atomic E-state index is 0.0334. The van der Waals surface area contributed by atoms with E-state index in [1.54, 1.807) is 36.3 Å². The minimum Gasteiger partial charge on any atom is -0.491 e. The van der Waals surface area contributed by atoms with Gasteiger partial charge in [0.1, 0.15) is 17.2 Å². The number of amides is 1. The minimum atomic E-state index is -0.116. The molecule has 0 unspecified atom stereocenters. The zero-order valence-corrected chi connectivity index (χ0v) is 18.5. The third-order valence-corrected chi connectivity index (χ3v) is 5.23. The van der Waals surface area contributed by atoms with Gasteiger partial charge in [0.2, 0.25) is 0 Å². The summed E-state index contributed by atoms with van der Waals surface area (Å²) in [5, 5.41) is 8.49.